The second-order valence-corrected chi connectivity index (χ2v) is 16.4. The molecule has 0 aliphatic carbocycles. The molecule has 0 fully saturated rings. The van der Waals surface area contributed by atoms with Crippen LogP contribution >= 0.6 is 0 Å². The highest BCUT2D eigenvalue weighted by molar-refractivity contribution is 6.25. The molecule has 0 amide bonds. The van der Waals surface area contributed by atoms with E-state index in [1.54, 1.807) is 0 Å². The van der Waals surface area contributed by atoms with E-state index in [4.69, 9.17) is 15.0 Å². The van der Waals surface area contributed by atoms with Crippen molar-refractivity contribution in [3.63, 3.8) is 0 Å². The molecular formula is C61H39N3. The van der Waals surface area contributed by atoms with Crippen molar-refractivity contribution in [1.82, 2.24) is 15.0 Å². The lowest BCUT2D eigenvalue weighted by atomic mass is 9.89. The van der Waals surface area contributed by atoms with Crippen LogP contribution in [0.3, 0.4) is 0 Å². The number of pyridine rings is 1. The van der Waals surface area contributed by atoms with Gasteiger partial charge in [0.2, 0.25) is 0 Å². The molecule has 3 heteroatoms. The number of nitrogens with zero attached hydrogens (tertiary/aromatic N) is 3. The Morgan fingerprint density at radius 2 is 0.719 bits per heavy atom. The first kappa shape index (κ1) is 37.2. The van der Waals surface area contributed by atoms with Gasteiger partial charge in [0.25, 0.3) is 0 Å². The summed E-state index contributed by atoms with van der Waals surface area (Å²) in [6, 6.07) is 84.1. The molecule has 2 aromatic heterocycles. The SMILES string of the molecule is c1ccc(-c2ccc(-c3cc(-c4ccc(-c5cc6c(-c7ccc8ccccc8c7)nc7ccccc7c6c6ccccc56)cc4)nc(-c4ccc(-c5ccccc5)cc4)n3)cc2)cc1. The van der Waals surface area contributed by atoms with Crippen LogP contribution in [0.5, 0.6) is 0 Å². The third-order valence-electron chi connectivity index (χ3n) is 12.5. The highest BCUT2D eigenvalue weighted by Crippen LogP contribution is 2.42. The summed E-state index contributed by atoms with van der Waals surface area (Å²) in [6.45, 7) is 0. The standard InChI is InChI=1S/C61H39N3/c1-3-13-40(14-4-1)43-23-30-46(31-24-43)57-39-58(64-61(63-57)48-34-25-44(26-35-48)41-15-5-2-6-16-41)47-32-28-45(29-33-47)54-38-55-59(52-20-10-9-19-51(52)54)53-21-11-12-22-56(53)62-60(55)50-36-27-42-17-7-8-18-49(42)37-50/h1-39H. The minimum Gasteiger partial charge on any atom is -0.247 e. The fourth-order valence-electron chi connectivity index (χ4n) is 9.21. The Morgan fingerprint density at radius 1 is 0.250 bits per heavy atom. The summed E-state index contributed by atoms with van der Waals surface area (Å²) >= 11 is 0. The molecule has 0 bridgehead atoms. The molecule has 0 N–H and O–H groups in total. The Labute approximate surface area is 371 Å². The normalized spacial score (nSPS) is 11.4. The molecule has 10 aromatic carbocycles. The number of benzene rings is 10. The van der Waals surface area contributed by atoms with Crippen molar-refractivity contribution in [2.75, 3.05) is 0 Å². The molecule has 0 aliphatic rings. The lowest BCUT2D eigenvalue weighted by molar-refractivity contribution is 1.18. The molecule has 0 unspecified atom stereocenters. The third kappa shape index (κ3) is 6.77. The highest BCUT2D eigenvalue weighted by Gasteiger charge is 2.18. The summed E-state index contributed by atoms with van der Waals surface area (Å²) in [5.74, 6) is 0.685. The molecule has 64 heavy (non-hydrogen) atoms. The van der Waals surface area contributed by atoms with Gasteiger partial charge in [-0.25, -0.2) is 15.0 Å². The van der Waals surface area contributed by atoms with E-state index in [1.165, 1.54) is 43.6 Å². The monoisotopic (exact) mass is 813 g/mol. The fourth-order valence-corrected chi connectivity index (χ4v) is 9.21. The van der Waals surface area contributed by atoms with Crippen molar-refractivity contribution < 1.29 is 0 Å². The smallest absolute Gasteiger partial charge is 0.160 e. The predicted molar refractivity (Wildman–Crippen MR) is 268 cm³/mol. The lowest BCUT2D eigenvalue weighted by Gasteiger charge is -2.16. The second kappa shape index (κ2) is 15.7. The molecule has 2 heterocycles. The van der Waals surface area contributed by atoms with E-state index in [0.717, 1.165) is 72.3 Å². The summed E-state index contributed by atoms with van der Waals surface area (Å²) in [5.41, 5.74) is 14.8. The van der Waals surface area contributed by atoms with Crippen molar-refractivity contribution in [2.24, 2.45) is 0 Å². The molecule has 0 saturated heterocycles. The van der Waals surface area contributed by atoms with Crippen LogP contribution in [0.15, 0.2) is 237 Å². The molecule has 0 saturated carbocycles. The summed E-state index contributed by atoms with van der Waals surface area (Å²) in [6.07, 6.45) is 0. The van der Waals surface area contributed by atoms with Crippen LogP contribution < -0.4 is 0 Å². The Morgan fingerprint density at radius 3 is 1.36 bits per heavy atom. The van der Waals surface area contributed by atoms with Crippen LogP contribution in [-0.2, 0) is 0 Å². The van der Waals surface area contributed by atoms with Crippen molar-refractivity contribution in [2.45, 2.75) is 0 Å². The highest BCUT2D eigenvalue weighted by atomic mass is 14.9. The summed E-state index contributed by atoms with van der Waals surface area (Å²) < 4.78 is 0. The van der Waals surface area contributed by atoms with Gasteiger partial charge in [0.15, 0.2) is 5.82 Å². The average Bonchev–Trinajstić information content (AvgIpc) is 3.38. The zero-order valence-corrected chi connectivity index (χ0v) is 34.9. The van der Waals surface area contributed by atoms with E-state index in [0.29, 0.717) is 5.82 Å². The van der Waals surface area contributed by atoms with Gasteiger partial charge in [-0.05, 0) is 79.2 Å². The number of rotatable bonds is 7. The van der Waals surface area contributed by atoms with E-state index in [2.05, 4.69) is 224 Å². The van der Waals surface area contributed by atoms with E-state index in [1.807, 2.05) is 12.1 Å². The van der Waals surface area contributed by atoms with Crippen LogP contribution in [0.2, 0.25) is 0 Å². The van der Waals surface area contributed by atoms with Crippen molar-refractivity contribution in [1.29, 1.82) is 0 Å². The van der Waals surface area contributed by atoms with Crippen molar-refractivity contribution in [3.05, 3.63) is 237 Å². The molecule has 0 atom stereocenters. The van der Waals surface area contributed by atoms with Gasteiger partial charge in [-0.2, -0.15) is 0 Å². The van der Waals surface area contributed by atoms with Crippen LogP contribution in [0.4, 0.5) is 0 Å². The molecule has 298 valence electrons. The van der Waals surface area contributed by atoms with Gasteiger partial charge in [-0.15, -0.1) is 0 Å². The van der Waals surface area contributed by atoms with Gasteiger partial charge in [0.05, 0.1) is 22.6 Å². The van der Waals surface area contributed by atoms with E-state index in [9.17, 15) is 0 Å². The number of fused-ring (bicyclic) bond motifs is 6. The van der Waals surface area contributed by atoms with E-state index >= 15 is 0 Å². The average molecular weight is 814 g/mol. The zero-order chi connectivity index (χ0) is 42.4. The van der Waals surface area contributed by atoms with Gasteiger partial charge in [-0.3, -0.25) is 0 Å². The van der Waals surface area contributed by atoms with Gasteiger partial charge >= 0.3 is 0 Å². The van der Waals surface area contributed by atoms with Gasteiger partial charge in [0, 0.05) is 38.4 Å². The Bertz CT molecular complexity index is 3570. The maximum Gasteiger partial charge on any atom is 0.160 e. The van der Waals surface area contributed by atoms with Gasteiger partial charge in [-0.1, -0.05) is 212 Å². The Kier molecular flexibility index (Phi) is 9.16. The fraction of sp³-hybridized carbons (Fsp3) is 0. The molecular weight excluding hydrogens is 775 g/mol. The predicted octanol–water partition coefficient (Wildman–Crippen LogP) is 16.2. The zero-order valence-electron chi connectivity index (χ0n) is 34.9. The summed E-state index contributed by atoms with van der Waals surface area (Å²) in [7, 11) is 0. The lowest BCUT2D eigenvalue weighted by Crippen LogP contribution is -1.96. The van der Waals surface area contributed by atoms with Gasteiger partial charge < -0.3 is 0 Å². The minimum atomic E-state index is 0.685. The Hall–Kier alpha value is -8.53. The molecule has 0 radical (unpaired) electrons. The molecule has 0 aliphatic heterocycles. The summed E-state index contributed by atoms with van der Waals surface area (Å²) in [4.78, 5) is 15.8. The van der Waals surface area contributed by atoms with Crippen molar-refractivity contribution in [3.8, 4) is 78.5 Å². The van der Waals surface area contributed by atoms with E-state index < -0.39 is 0 Å². The van der Waals surface area contributed by atoms with Crippen LogP contribution in [0.25, 0.3) is 122 Å². The van der Waals surface area contributed by atoms with E-state index in [-0.39, 0.29) is 0 Å². The maximum absolute atomic E-state index is 5.37. The number of hydrogen-bond donors (Lipinski definition) is 0. The molecule has 12 aromatic rings. The quantitative estimate of drug-likeness (QED) is 0.150. The largest absolute Gasteiger partial charge is 0.247 e. The minimum absolute atomic E-state index is 0.685. The Balaban J connectivity index is 0.987. The molecule has 12 rings (SSSR count). The third-order valence-corrected chi connectivity index (χ3v) is 12.5. The van der Waals surface area contributed by atoms with Crippen LogP contribution in [0, 0.1) is 0 Å². The first-order valence-corrected chi connectivity index (χ1v) is 21.8. The first-order valence-electron chi connectivity index (χ1n) is 21.8. The second-order valence-electron chi connectivity index (χ2n) is 16.4. The number of para-hydroxylation sites is 1. The molecule has 3 nitrogen and oxygen atoms in total. The van der Waals surface area contributed by atoms with Crippen LogP contribution in [0.1, 0.15) is 0 Å². The van der Waals surface area contributed by atoms with Crippen molar-refractivity contribution >= 4 is 43.2 Å². The molecule has 0 spiro atoms. The first-order chi connectivity index (χ1) is 31.7. The summed E-state index contributed by atoms with van der Waals surface area (Å²) in [5, 5.41) is 8.33. The maximum atomic E-state index is 5.37. The number of hydrogen-bond acceptors (Lipinski definition) is 3. The topological polar surface area (TPSA) is 38.7 Å². The van der Waals surface area contributed by atoms with Crippen LogP contribution in [-0.4, -0.2) is 15.0 Å². The van der Waals surface area contributed by atoms with Gasteiger partial charge in [0.1, 0.15) is 0 Å². The number of aromatic nitrogens is 3.